The number of anilines is 1. The average molecular weight is 272 g/mol. The predicted molar refractivity (Wildman–Crippen MR) is 80.6 cm³/mol. The maximum Gasteiger partial charge on any atom is 0.237 e. The van der Waals surface area contributed by atoms with E-state index in [1.165, 1.54) is 5.56 Å². The summed E-state index contributed by atoms with van der Waals surface area (Å²) in [5, 5.41) is 3.42. The van der Waals surface area contributed by atoms with Gasteiger partial charge in [-0.15, -0.1) is 0 Å². The van der Waals surface area contributed by atoms with Crippen LogP contribution >= 0.6 is 0 Å². The second-order valence-electron chi connectivity index (χ2n) is 4.62. The third kappa shape index (κ3) is 3.41. The summed E-state index contributed by atoms with van der Waals surface area (Å²) in [7, 11) is 3.32. The molecule has 0 spiro atoms. The van der Waals surface area contributed by atoms with Crippen molar-refractivity contribution >= 4 is 5.69 Å². The number of hydrogen-bond donors (Lipinski definition) is 1. The van der Waals surface area contributed by atoms with Crippen LogP contribution in [0.4, 0.5) is 5.69 Å². The topological polar surface area (TPSA) is 43.4 Å². The Labute approximate surface area is 119 Å². The highest BCUT2D eigenvalue weighted by Crippen LogP contribution is 2.23. The maximum atomic E-state index is 5.38. The Morgan fingerprint density at radius 3 is 2.65 bits per heavy atom. The van der Waals surface area contributed by atoms with Crippen LogP contribution in [0.2, 0.25) is 0 Å². The number of pyridine rings is 1. The van der Waals surface area contributed by atoms with E-state index in [1.54, 1.807) is 20.4 Å². The van der Waals surface area contributed by atoms with Crippen LogP contribution in [0.15, 0.2) is 42.6 Å². The largest absolute Gasteiger partial charge is 0.496 e. The van der Waals surface area contributed by atoms with Crippen molar-refractivity contribution in [2.45, 2.75) is 19.4 Å². The Balaban J connectivity index is 2.07. The predicted octanol–water partition coefficient (Wildman–Crippen LogP) is 3.14. The summed E-state index contributed by atoms with van der Waals surface area (Å²) in [4.78, 5) is 4.18. The van der Waals surface area contributed by atoms with E-state index in [1.807, 2.05) is 30.3 Å². The van der Waals surface area contributed by atoms with Gasteiger partial charge in [0.05, 0.1) is 19.9 Å². The molecule has 0 fully saturated rings. The molecule has 0 saturated heterocycles. The molecule has 4 heteroatoms. The van der Waals surface area contributed by atoms with Crippen LogP contribution in [-0.2, 0) is 6.42 Å². The van der Waals surface area contributed by atoms with E-state index in [0.29, 0.717) is 5.88 Å². The summed E-state index contributed by atoms with van der Waals surface area (Å²) in [6.45, 7) is 2.12. The summed E-state index contributed by atoms with van der Waals surface area (Å²) in [5.74, 6) is 1.53. The van der Waals surface area contributed by atoms with E-state index in [0.717, 1.165) is 17.9 Å². The number of para-hydroxylation sites is 1. The molecular formula is C16H20N2O2. The Morgan fingerprint density at radius 2 is 1.90 bits per heavy atom. The molecule has 0 amide bonds. The smallest absolute Gasteiger partial charge is 0.237 e. The van der Waals surface area contributed by atoms with Crippen LogP contribution in [0.3, 0.4) is 0 Å². The lowest BCUT2D eigenvalue weighted by Crippen LogP contribution is -2.19. The Kier molecular flexibility index (Phi) is 4.82. The van der Waals surface area contributed by atoms with Gasteiger partial charge in [0.2, 0.25) is 5.88 Å². The second-order valence-corrected chi connectivity index (χ2v) is 4.62. The molecule has 2 aromatic rings. The van der Waals surface area contributed by atoms with Crippen molar-refractivity contribution in [3.63, 3.8) is 0 Å². The number of nitrogens with one attached hydrogen (secondary N) is 1. The van der Waals surface area contributed by atoms with Crippen molar-refractivity contribution in [1.82, 2.24) is 4.98 Å². The van der Waals surface area contributed by atoms with Crippen molar-refractivity contribution in [2.24, 2.45) is 0 Å². The average Bonchev–Trinajstić information content (AvgIpc) is 2.48. The van der Waals surface area contributed by atoms with Crippen molar-refractivity contribution in [3.05, 3.63) is 48.2 Å². The van der Waals surface area contributed by atoms with Gasteiger partial charge >= 0.3 is 0 Å². The lowest BCUT2D eigenvalue weighted by molar-refractivity contribution is 0.399. The third-order valence-corrected chi connectivity index (χ3v) is 3.09. The molecule has 20 heavy (non-hydrogen) atoms. The van der Waals surface area contributed by atoms with Gasteiger partial charge in [-0.05, 0) is 37.1 Å². The van der Waals surface area contributed by atoms with Crippen molar-refractivity contribution in [1.29, 1.82) is 0 Å². The molecule has 1 aromatic carbocycles. The standard InChI is InChI=1S/C16H20N2O2/c1-12(11-13-7-4-5-9-15(13)19-2)18-14-8-6-10-17-16(14)20-3/h4-10,12,18H,11H2,1-3H3. The molecule has 0 bridgehead atoms. The van der Waals surface area contributed by atoms with Crippen LogP contribution < -0.4 is 14.8 Å². The number of methoxy groups -OCH3 is 2. The number of benzene rings is 1. The number of rotatable bonds is 6. The van der Waals surface area contributed by atoms with E-state index in [2.05, 4.69) is 23.3 Å². The van der Waals surface area contributed by atoms with Crippen LogP contribution in [0.5, 0.6) is 11.6 Å². The van der Waals surface area contributed by atoms with Gasteiger partial charge in [0, 0.05) is 12.2 Å². The molecule has 0 saturated carbocycles. The van der Waals surface area contributed by atoms with Crippen molar-refractivity contribution in [2.75, 3.05) is 19.5 Å². The molecule has 4 nitrogen and oxygen atoms in total. The summed E-state index contributed by atoms with van der Waals surface area (Å²) in [5.41, 5.74) is 2.08. The second kappa shape index (κ2) is 6.80. The van der Waals surface area contributed by atoms with E-state index < -0.39 is 0 Å². The van der Waals surface area contributed by atoms with E-state index in [9.17, 15) is 0 Å². The summed E-state index contributed by atoms with van der Waals surface area (Å²) < 4.78 is 10.6. The SMILES string of the molecule is COc1ccccc1CC(C)Nc1cccnc1OC. The van der Waals surface area contributed by atoms with Gasteiger partial charge < -0.3 is 14.8 Å². The minimum absolute atomic E-state index is 0.240. The fourth-order valence-electron chi connectivity index (χ4n) is 2.18. The summed E-state index contributed by atoms with van der Waals surface area (Å²) in [6, 6.07) is 12.2. The van der Waals surface area contributed by atoms with Gasteiger partial charge in [-0.25, -0.2) is 4.98 Å². The number of aromatic nitrogens is 1. The fourth-order valence-corrected chi connectivity index (χ4v) is 2.18. The van der Waals surface area contributed by atoms with E-state index >= 15 is 0 Å². The first-order chi connectivity index (χ1) is 9.74. The third-order valence-electron chi connectivity index (χ3n) is 3.09. The first kappa shape index (κ1) is 14.2. The van der Waals surface area contributed by atoms with Gasteiger partial charge in [0.15, 0.2) is 0 Å². The normalized spacial score (nSPS) is 11.8. The van der Waals surface area contributed by atoms with Crippen LogP contribution in [0, 0.1) is 0 Å². The molecule has 1 N–H and O–H groups in total. The van der Waals surface area contributed by atoms with Gasteiger partial charge in [-0.3, -0.25) is 0 Å². The van der Waals surface area contributed by atoms with Gasteiger partial charge in [0.1, 0.15) is 5.75 Å². The molecule has 1 heterocycles. The number of hydrogen-bond acceptors (Lipinski definition) is 4. The van der Waals surface area contributed by atoms with Crippen LogP contribution in [-0.4, -0.2) is 25.2 Å². The first-order valence-electron chi connectivity index (χ1n) is 6.62. The highest BCUT2D eigenvalue weighted by molar-refractivity contribution is 5.53. The zero-order valence-corrected chi connectivity index (χ0v) is 12.1. The monoisotopic (exact) mass is 272 g/mol. The minimum atomic E-state index is 0.240. The Morgan fingerprint density at radius 1 is 1.10 bits per heavy atom. The quantitative estimate of drug-likeness (QED) is 0.877. The molecule has 1 atom stereocenters. The zero-order valence-electron chi connectivity index (χ0n) is 12.1. The molecule has 1 unspecified atom stereocenters. The lowest BCUT2D eigenvalue weighted by Gasteiger charge is -2.18. The first-order valence-corrected chi connectivity index (χ1v) is 6.62. The lowest BCUT2D eigenvalue weighted by atomic mass is 10.1. The van der Waals surface area contributed by atoms with Gasteiger partial charge in [0.25, 0.3) is 0 Å². The van der Waals surface area contributed by atoms with Crippen LogP contribution in [0.1, 0.15) is 12.5 Å². The molecule has 1 aromatic heterocycles. The van der Waals surface area contributed by atoms with E-state index in [4.69, 9.17) is 9.47 Å². The van der Waals surface area contributed by atoms with Crippen molar-refractivity contribution in [3.8, 4) is 11.6 Å². The fraction of sp³-hybridized carbons (Fsp3) is 0.312. The zero-order chi connectivity index (χ0) is 14.4. The molecule has 0 aliphatic rings. The van der Waals surface area contributed by atoms with Gasteiger partial charge in [-0.2, -0.15) is 0 Å². The molecule has 0 aliphatic carbocycles. The minimum Gasteiger partial charge on any atom is -0.496 e. The summed E-state index contributed by atoms with van der Waals surface area (Å²) >= 11 is 0. The number of ether oxygens (including phenoxy) is 2. The highest BCUT2D eigenvalue weighted by Gasteiger charge is 2.10. The van der Waals surface area contributed by atoms with E-state index in [-0.39, 0.29) is 6.04 Å². The molecule has 106 valence electrons. The Hall–Kier alpha value is -2.23. The molecular weight excluding hydrogens is 252 g/mol. The van der Waals surface area contributed by atoms with Crippen molar-refractivity contribution < 1.29 is 9.47 Å². The molecule has 0 radical (unpaired) electrons. The van der Waals surface area contributed by atoms with Crippen LogP contribution in [0.25, 0.3) is 0 Å². The molecule has 2 rings (SSSR count). The molecule has 0 aliphatic heterocycles. The maximum absolute atomic E-state index is 5.38. The summed E-state index contributed by atoms with van der Waals surface area (Å²) in [6.07, 6.45) is 2.58. The van der Waals surface area contributed by atoms with Gasteiger partial charge in [-0.1, -0.05) is 18.2 Å². The Bertz CT molecular complexity index is 508. The highest BCUT2D eigenvalue weighted by atomic mass is 16.5. The number of nitrogens with zero attached hydrogens (tertiary/aromatic N) is 1.